The van der Waals surface area contributed by atoms with Crippen molar-refractivity contribution in [2.75, 3.05) is 13.2 Å². The zero-order chi connectivity index (χ0) is 34.3. The van der Waals surface area contributed by atoms with E-state index >= 15 is 0 Å². The molecule has 9 heteroatoms. The maximum atomic E-state index is 12.3. The Kier molecular flexibility index (Phi) is 30.7. The molecule has 1 atom stereocenters. The van der Waals surface area contributed by atoms with E-state index in [0.29, 0.717) is 6.42 Å². The van der Waals surface area contributed by atoms with Crippen LogP contribution >= 0.6 is 7.82 Å². The quantitative estimate of drug-likeness (QED) is 0.0392. The summed E-state index contributed by atoms with van der Waals surface area (Å²) in [6.07, 6.45) is 28.6. The lowest BCUT2D eigenvalue weighted by Crippen LogP contribution is -2.29. The van der Waals surface area contributed by atoms with Crippen molar-refractivity contribution in [3.8, 4) is 0 Å². The minimum absolute atomic E-state index is 0.218. The van der Waals surface area contributed by atoms with Crippen molar-refractivity contribution in [1.29, 1.82) is 0 Å². The van der Waals surface area contributed by atoms with Crippen LogP contribution in [0.3, 0.4) is 0 Å². The van der Waals surface area contributed by atoms with Gasteiger partial charge in [0.2, 0.25) is 0 Å². The second kappa shape index (κ2) is 31.3. The summed E-state index contributed by atoms with van der Waals surface area (Å²) in [4.78, 5) is 42.6. The van der Waals surface area contributed by atoms with Gasteiger partial charge in [-0.3, -0.25) is 14.1 Å². The normalized spacial score (nSPS) is 12.6. The Hall–Kier alpha value is -0.950. The van der Waals surface area contributed by atoms with Crippen LogP contribution in [0.2, 0.25) is 0 Å². The molecular formula is C37H73O8P. The molecule has 46 heavy (non-hydrogen) atoms. The fourth-order valence-electron chi connectivity index (χ4n) is 5.63. The fraction of sp³-hybridized carbons (Fsp3) is 0.946. The maximum Gasteiger partial charge on any atom is 0.469 e. The zero-order valence-corrected chi connectivity index (χ0v) is 31.2. The Morgan fingerprint density at radius 3 is 1.17 bits per heavy atom. The van der Waals surface area contributed by atoms with Crippen LogP contribution in [-0.2, 0) is 28.2 Å². The van der Waals surface area contributed by atoms with Crippen molar-refractivity contribution >= 4 is 19.8 Å². The standard InChI is InChI=1S/C37H73O8P/c1-33(2)27-23-19-15-13-11-9-7-5-6-8-10-12-14-16-22-26-30-37(39)45-35(32-44-46(40,41)42)31-43-36(38)29-25-21-18-17-20-24-28-34(3)4/h33-35H,5-32H2,1-4H3,(H2,40,41,42)/t35-/m1/s1. The zero-order valence-electron chi connectivity index (χ0n) is 30.3. The highest BCUT2D eigenvalue weighted by Crippen LogP contribution is 2.36. The van der Waals surface area contributed by atoms with Gasteiger partial charge in [-0.15, -0.1) is 0 Å². The lowest BCUT2D eigenvalue weighted by Gasteiger charge is -2.18. The smallest absolute Gasteiger partial charge is 0.462 e. The monoisotopic (exact) mass is 677 g/mol. The first-order valence-corrected chi connectivity index (χ1v) is 20.6. The molecule has 0 radical (unpaired) electrons. The Morgan fingerprint density at radius 2 is 0.826 bits per heavy atom. The molecule has 8 nitrogen and oxygen atoms in total. The molecule has 0 aromatic carbocycles. The number of esters is 2. The van der Waals surface area contributed by atoms with Gasteiger partial charge in [0.25, 0.3) is 0 Å². The Bertz CT molecular complexity index is 752. The van der Waals surface area contributed by atoms with Crippen LogP contribution in [-0.4, -0.2) is 41.0 Å². The van der Waals surface area contributed by atoms with Gasteiger partial charge in [-0.25, -0.2) is 4.57 Å². The van der Waals surface area contributed by atoms with Gasteiger partial charge in [0.05, 0.1) is 6.61 Å². The molecule has 0 unspecified atom stereocenters. The molecule has 0 heterocycles. The van der Waals surface area contributed by atoms with Crippen LogP contribution in [0, 0.1) is 11.8 Å². The number of ether oxygens (including phenoxy) is 2. The molecule has 0 aliphatic rings. The number of hydrogen-bond acceptors (Lipinski definition) is 6. The van der Waals surface area contributed by atoms with Gasteiger partial charge in [-0.1, -0.05) is 169 Å². The highest BCUT2D eigenvalue weighted by molar-refractivity contribution is 7.46. The first-order chi connectivity index (χ1) is 22.0. The summed E-state index contributed by atoms with van der Waals surface area (Å²) >= 11 is 0. The summed E-state index contributed by atoms with van der Waals surface area (Å²) in [5.41, 5.74) is 0. The number of hydrogen-bond donors (Lipinski definition) is 2. The molecule has 0 saturated carbocycles. The number of phosphoric ester groups is 1. The van der Waals surface area contributed by atoms with E-state index in [1.165, 1.54) is 116 Å². The topological polar surface area (TPSA) is 119 Å². The molecule has 0 amide bonds. The first-order valence-electron chi connectivity index (χ1n) is 19.0. The molecule has 0 saturated heterocycles. The molecular weight excluding hydrogens is 603 g/mol. The van der Waals surface area contributed by atoms with Crippen molar-refractivity contribution in [2.24, 2.45) is 11.8 Å². The molecule has 2 N–H and O–H groups in total. The van der Waals surface area contributed by atoms with Crippen LogP contribution in [0.15, 0.2) is 0 Å². The number of unbranched alkanes of at least 4 members (excludes halogenated alkanes) is 20. The highest BCUT2D eigenvalue weighted by Gasteiger charge is 2.22. The van der Waals surface area contributed by atoms with Gasteiger partial charge in [0, 0.05) is 12.8 Å². The number of rotatable bonds is 34. The van der Waals surface area contributed by atoms with Crippen LogP contribution in [0.1, 0.15) is 195 Å². The molecule has 0 bridgehead atoms. The number of carbonyl (C=O) groups is 2. The number of carbonyl (C=O) groups excluding carboxylic acids is 2. The van der Waals surface area contributed by atoms with Gasteiger partial charge >= 0.3 is 19.8 Å². The van der Waals surface area contributed by atoms with Crippen molar-refractivity contribution in [1.82, 2.24) is 0 Å². The minimum Gasteiger partial charge on any atom is -0.462 e. The van der Waals surface area contributed by atoms with E-state index in [-0.39, 0.29) is 19.4 Å². The maximum absolute atomic E-state index is 12.3. The molecule has 0 aliphatic carbocycles. The number of phosphoric acid groups is 1. The summed E-state index contributed by atoms with van der Waals surface area (Å²) in [5.74, 6) is 0.700. The molecule has 0 aromatic rings. The predicted molar refractivity (Wildman–Crippen MR) is 189 cm³/mol. The molecule has 0 spiro atoms. The van der Waals surface area contributed by atoms with Crippen LogP contribution in [0.25, 0.3) is 0 Å². The lowest BCUT2D eigenvalue weighted by atomic mass is 10.0. The van der Waals surface area contributed by atoms with Crippen LogP contribution in [0.5, 0.6) is 0 Å². The highest BCUT2D eigenvalue weighted by atomic mass is 31.2. The lowest BCUT2D eigenvalue weighted by molar-refractivity contribution is -0.161. The van der Waals surface area contributed by atoms with Crippen molar-refractivity contribution in [2.45, 2.75) is 201 Å². The van der Waals surface area contributed by atoms with E-state index in [4.69, 9.17) is 19.3 Å². The minimum atomic E-state index is -4.74. The van der Waals surface area contributed by atoms with Gasteiger partial charge in [0.1, 0.15) is 6.61 Å². The van der Waals surface area contributed by atoms with Crippen molar-refractivity contribution in [3.63, 3.8) is 0 Å². The Morgan fingerprint density at radius 1 is 0.500 bits per heavy atom. The third-order valence-electron chi connectivity index (χ3n) is 8.48. The van der Waals surface area contributed by atoms with Gasteiger partial charge in [-0.2, -0.15) is 0 Å². The summed E-state index contributed by atoms with van der Waals surface area (Å²) in [5, 5.41) is 0. The van der Waals surface area contributed by atoms with Crippen molar-refractivity contribution < 1.29 is 37.9 Å². The third-order valence-corrected chi connectivity index (χ3v) is 8.97. The van der Waals surface area contributed by atoms with Gasteiger partial charge in [-0.05, 0) is 24.7 Å². The molecule has 0 aliphatic heterocycles. The Labute approximate surface area is 283 Å². The van der Waals surface area contributed by atoms with E-state index in [2.05, 4.69) is 32.2 Å². The third kappa shape index (κ3) is 35.9. The van der Waals surface area contributed by atoms with E-state index in [0.717, 1.165) is 43.9 Å². The largest absolute Gasteiger partial charge is 0.469 e. The molecule has 0 aromatic heterocycles. The van der Waals surface area contributed by atoms with Crippen LogP contribution < -0.4 is 0 Å². The Balaban J connectivity index is 3.86. The van der Waals surface area contributed by atoms with E-state index in [9.17, 15) is 14.2 Å². The fourth-order valence-corrected chi connectivity index (χ4v) is 5.99. The van der Waals surface area contributed by atoms with Gasteiger partial charge < -0.3 is 19.3 Å². The summed E-state index contributed by atoms with van der Waals surface area (Å²) in [7, 11) is -4.74. The summed E-state index contributed by atoms with van der Waals surface area (Å²) in [6, 6.07) is 0. The van der Waals surface area contributed by atoms with Crippen LogP contribution in [0.4, 0.5) is 0 Å². The molecule has 0 fully saturated rings. The van der Waals surface area contributed by atoms with Crippen molar-refractivity contribution in [3.05, 3.63) is 0 Å². The molecule has 274 valence electrons. The van der Waals surface area contributed by atoms with Gasteiger partial charge in [0.15, 0.2) is 6.10 Å². The summed E-state index contributed by atoms with van der Waals surface area (Å²) in [6.45, 7) is 8.28. The average molecular weight is 677 g/mol. The second-order valence-electron chi connectivity index (χ2n) is 14.2. The van der Waals surface area contributed by atoms with E-state index in [1.807, 2.05) is 0 Å². The second-order valence-corrected chi connectivity index (χ2v) is 15.5. The molecule has 0 rings (SSSR count). The summed E-state index contributed by atoms with van der Waals surface area (Å²) < 4.78 is 26.3. The predicted octanol–water partition coefficient (Wildman–Crippen LogP) is 11.0. The first kappa shape index (κ1) is 45.0. The van der Waals surface area contributed by atoms with E-state index < -0.39 is 32.5 Å². The van der Waals surface area contributed by atoms with E-state index in [1.54, 1.807) is 0 Å². The average Bonchev–Trinajstić information content (AvgIpc) is 2.98. The SMILES string of the molecule is CC(C)CCCCCCCCCCCCCCCCCCC(=O)O[C@H](COC(=O)CCCCCCCCC(C)C)COP(=O)(O)O.